The first-order chi connectivity index (χ1) is 15.8. The number of likely N-dealkylation sites (tertiary alicyclic amines) is 1. The molecule has 2 saturated heterocycles. The van der Waals surface area contributed by atoms with Crippen LogP contribution in [-0.4, -0.2) is 94.1 Å². The molecule has 33 heavy (non-hydrogen) atoms. The number of carbonyl (C=O) groups excluding carboxylic acids is 3. The van der Waals surface area contributed by atoms with E-state index in [1.54, 1.807) is 23.8 Å². The van der Waals surface area contributed by atoms with Crippen molar-refractivity contribution in [2.45, 2.75) is 69.7 Å². The Morgan fingerprint density at radius 3 is 2.45 bits per heavy atom. The quantitative estimate of drug-likeness (QED) is 0.458. The molecule has 6 atom stereocenters. The number of unbranched alkanes of at least 4 members (excludes halogenated alkanes) is 2. The zero-order chi connectivity index (χ0) is 24.0. The van der Waals surface area contributed by atoms with Gasteiger partial charge < -0.3 is 24.5 Å². The Morgan fingerprint density at radius 1 is 1.06 bits per heavy atom. The Morgan fingerprint density at radius 2 is 1.79 bits per heavy atom. The van der Waals surface area contributed by atoms with Crippen LogP contribution in [0.25, 0.3) is 0 Å². The molecular weight excluding hydrogens is 422 g/mol. The number of rotatable bonds is 7. The summed E-state index contributed by atoms with van der Waals surface area (Å²) >= 11 is 0. The van der Waals surface area contributed by atoms with Gasteiger partial charge in [0.25, 0.3) is 0 Å². The summed E-state index contributed by atoms with van der Waals surface area (Å²) in [5.41, 5.74) is -2.19. The molecule has 2 fully saturated rings. The molecule has 8 heteroatoms. The summed E-state index contributed by atoms with van der Waals surface area (Å²) < 4.78 is 6.82. The molecule has 0 aromatic heterocycles. The average Bonchev–Trinajstić information content (AvgIpc) is 3.12. The SMILES string of the molecule is CCCCCN1CC=C[C@]23O[C@]4(CC)C=CCN(C)C(=O)[C@@H]4[C@H]2C(=O)N([C@H](C)CO)C3C1=O. The van der Waals surface area contributed by atoms with Gasteiger partial charge in [-0.1, -0.05) is 51.0 Å². The van der Waals surface area contributed by atoms with Gasteiger partial charge in [-0.2, -0.15) is 0 Å². The largest absolute Gasteiger partial charge is 0.394 e. The van der Waals surface area contributed by atoms with Gasteiger partial charge in [-0.05, 0) is 19.8 Å². The van der Waals surface area contributed by atoms with Gasteiger partial charge in [0.05, 0.1) is 30.1 Å². The normalized spacial score (nSPS) is 36.6. The van der Waals surface area contributed by atoms with E-state index in [-0.39, 0.29) is 24.3 Å². The number of aliphatic hydroxyl groups excluding tert-OH is 1. The van der Waals surface area contributed by atoms with Gasteiger partial charge in [-0.3, -0.25) is 14.4 Å². The van der Waals surface area contributed by atoms with Crippen molar-refractivity contribution >= 4 is 17.7 Å². The minimum atomic E-state index is -1.24. The van der Waals surface area contributed by atoms with Crippen LogP contribution in [0.5, 0.6) is 0 Å². The maximum atomic E-state index is 14.0. The van der Waals surface area contributed by atoms with Gasteiger partial charge in [0.15, 0.2) is 0 Å². The molecule has 3 amide bonds. The summed E-state index contributed by atoms with van der Waals surface area (Å²) in [5.74, 6) is -2.13. The van der Waals surface area contributed by atoms with Crippen molar-refractivity contribution in [3.63, 3.8) is 0 Å². The third kappa shape index (κ3) is 3.44. The Hall–Kier alpha value is -2.19. The minimum absolute atomic E-state index is 0.140. The van der Waals surface area contributed by atoms with Crippen LogP contribution in [0.15, 0.2) is 24.3 Å². The van der Waals surface area contributed by atoms with Crippen molar-refractivity contribution in [3.8, 4) is 0 Å². The molecule has 1 unspecified atom stereocenters. The summed E-state index contributed by atoms with van der Waals surface area (Å²) in [6, 6.07) is -1.47. The molecule has 182 valence electrons. The van der Waals surface area contributed by atoms with Gasteiger partial charge in [0.1, 0.15) is 11.6 Å². The standard InChI is InChI=1S/C25H37N3O5/c1-5-7-8-14-27-15-10-12-25-19(22(31)28(17(3)16-29)20(25)23(27)32)18-21(30)26(4)13-9-11-24(18,6-2)33-25/h9-12,17-20,29H,5-8,13-16H2,1-4H3/t17-,18+,19+,20?,24-,25+/m1/s1. The van der Waals surface area contributed by atoms with Gasteiger partial charge in [0, 0.05) is 26.7 Å². The van der Waals surface area contributed by atoms with Gasteiger partial charge >= 0.3 is 0 Å². The number of fused-ring (bicyclic) bond motifs is 2. The molecule has 4 aliphatic rings. The van der Waals surface area contributed by atoms with Gasteiger partial charge in [-0.15, -0.1) is 0 Å². The van der Waals surface area contributed by atoms with Crippen LogP contribution in [0.4, 0.5) is 0 Å². The first-order valence-electron chi connectivity index (χ1n) is 12.3. The second-order valence-electron chi connectivity index (χ2n) is 9.91. The van der Waals surface area contributed by atoms with Crippen molar-refractivity contribution in [2.24, 2.45) is 11.8 Å². The zero-order valence-corrected chi connectivity index (χ0v) is 20.2. The maximum absolute atomic E-state index is 14.0. The van der Waals surface area contributed by atoms with E-state index in [1.807, 2.05) is 31.2 Å². The minimum Gasteiger partial charge on any atom is -0.394 e. The number of hydrogen-bond donors (Lipinski definition) is 1. The molecule has 0 bridgehead atoms. The molecule has 8 nitrogen and oxygen atoms in total. The number of carbonyl (C=O) groups is 3. The fraction of sp³-hybridized carbons (Fsp3) is 0.720. The van der Waals surface area contributed by atoms with Crippen LogP contribution < -0.4 is 0 Å². The zero-order valence-electron chi connectivity index (χ0n) is 20.2. The monoisotopic (exact) mass is 459 g/mol. The number of likely N-dealkylation sites (N-methyl/N-ethyl adjacent to an activating group) is 1. The average molecular weight is 460 g/mol. The van der Waals surface area contributed by atoms with Crippen LogP contribution in [0.2, 0.25) is 0 Å². The van der Waals surface area contributed by atoms with Crippen molar-refractivity contribution in [1.82, 2.24) is 14.7 Å². The number of ether oxygens (including phenoxy) is 1. The molecule has 4 heterocycles. The Bertz CT molecular complexity index is 872. The highest BCUT2D eigenvalue weighted by molar-refractivity contribution is 6.00. The lowest BCUT2D eigenvalue weighted by atomic mass is 9.73. The Balaban J connectivity index is 1.84. The highest BCUT2D eigenvalue weighted by Crippen LogP contribution is 2.58. The summed E-state index contributed by atoms with van der Waals surface area (Å²) in [4.78, 5) is 46.4. The van der Waals surface area contributed by atoms with Crippen molar-refractivity contribution in [2.75, 3.05) is 33.3 Å². The van der Waals surface area contributed by atoms with Crippen molar-refractivity contribution in [3.05, 3.63) is 24.3 Å². The van der Waals surface area contributed by atoms with E-state index in [9.17, 15) is 19.5 Å². The molecule has 4 rings (SSSR count). The van der Waals surface area contributed by atoms with Crippen LogP contribution in [0.3, 0.4) is 0 Å². The fourth-order valence-corrected chi connectivity index (χ4v) is 6.18. The van der Waals surface area contributed by atoms with E-state index in [0.717, 1.165) is 19.3 Å². The van der Waals surface area contributed by atoms with Gasteiger partial charge in [0.2, 0.25) is 17.7 Å². The van der Waals surface area contributed by atoms with Crippen LogP contribution in [-0.2, 0) is 19.1 Å². The van der Waals surface area contributed by atoms with E-state index >= 15 is 0 Å². The predicted molar refractivity (Wildman–Crippen MR) is 123 cm³/mol. The summed E-state index contributed by atoms with van der Waals surface area (Å²) in [7, 11) is 1.73. The lowest BCUT2D eigenvalue weighted by molar-refractivity contribution is -0.156. The highest BCUT2D eigenvalue weighted by Gasteiger charge is 2.75. The first-order valence-corrected chi connectivity index (χ1v) is 12.3. The first kappa shape index (κ1) is 24.0. The second-order valence-corrected chi connectivity index (χ2v) is 9.91. The Kier molecular flexibility index (Phi) is 6.44. The molecule has 0 aromatic carbocycles. The fourth-order valence-electron chi connectivity index (χ4n) is 6.18. The molecule has 0 aliphatic carbocycles. The predicted octanol–water partition coefficient (Wildman–Crippen LogP) is 1.35. The molecular formula is C25H37N3O5. The molecule has 0 saturated carbocycles. The third-order valence-corrected chi connectivity index (χ3v) is 7.93. The maximum Gasteiger partial charge on any atom is 0.249 e. The number of nitrogens with zero attached hydrogens (tertiary/aromatic N) is 3. The molecule has 4 aliphatic heterocycles. The summed E-state index contributed by atoms with van der Waals surface area (Å²) in [6.45, 7) is 7.05. The lowest BCUT2D eigenvalue weighted by Crippen LogP contribution is -2.58. The molecule has 0 aromatic rings. The number of aliphatic hydroxyl groups is 1. The topological polar surface area (TPSA) is 90.4 Å². The van der Waals surface area contributed by atoms with Crippen molar-refractivity contribution in [1.29, 1.82) is 0 Å². The molecule has 1 spiro atoms. The van der Waals surface area contributed by atoms with E-state index in [4.69, 9.17) is 4.74 Å². The number of hydrogen-bond acceptors (Lipinski definition) is 5. The lowest BCUT2D eigenvalue weighted by Gasteiger charge is -2.40. The van der Waals surface area contributed by atoms with E-state index in [0.29, 0.717) is 26.1 Å². The van der Waals surface area contributed by atoms with E-state index in [2.05, 4.69) is 6.92 Å². The number of amides is 3. The Labute approximate surface area is 196 Å². The van der Waals surface area contributed by atoms with E-state index < -0.39 is 35.1 Å². The van der Waals surface area contributed by atoms with Crippen LogP contribution in [0.1, 0.15) is 46.5 Å². The summed E-state index contributed by atoms with van der Waals surface area (Å²) in [6.07, 6.45) is 11.1. The van der Waals surface area contributed by atoms with Crippen molar-refractivity contribution < 1.29 is 24.2 Å². The van der Waals surface area contributed by atoms with Crippen LogP contribution in [0, 0.1) is 11.8 Å². The van der Waals surface area contributed by atoms with E-state index in [1.165, 1.54) is 4.90 Å². The molecule has 1 N–H and O–H groups in total. The van der Waals surface area contributed by atoms with Gasteiger partial charge in [-0.25, -0.2) is 0 Å². The second kappa shape index (κ2) is 8.87. The summed E-state index contributed by atoms with van der Waals surface area (Å²) in [5, 5.41) is 9.96. The highest BCUT2D eigenvalue weighted by atomic mass is 16.5. The third-order valence-electron chi connectivity index (χ3n) is 7.93. The van der Waals surface area contributed by atoms with Crippen LogP contribution >= 0.6 is 0 Å². The molecule has 0 radical (unpaired) electrons. The smallest absolute Gasteiger partial charge is 0.249 e.